The van der Waals surface area contributed by atoms with Crippen LogP contribution in [0.3, 0.4) is 0 Å². The fourth-order valence-electron chi connectivity index (χ4n) is 2.75. The van der Waals surface area contributed by atoms with Crippen molar-refractivity contribution in [2.24, 2.45) is 5.10 Å². The molecule has 0 radical (unpaired) electrons. The summed E-state index contributed by atoms with van der Waals surface area (Å²) in [7, 11) is 0. The number of nitrogens with zero attached hydrogens (tertiary/aromatic N) is 1. The van der Waals surface area contributed by atoms with Crippen LogP contribution in [0.25, 0.3) is 0 Å². The molecule has 3 aromatic carbocycles. The van der Waals surface area contributed by atoms with Crippen LogP contribution in [0.15, 0.2) is 71.8 Å². The summed E-state index contributed by atoms with van der Waals surface area (Å²) in [4.78, 5) is 24.2. The summed E-state index contributed by atoms with van der Waals surface area (Å²) < 4.78 is 10.8. The Morgan fingerprint density at radius 2 is 1.64 bits per heavy atom. The molecule has 1 amide bonds. The Hall–Kier alpha value is -3.35. The minimum Gasteiger partial charge on any atom is -0.484 e. The molecule has 0 aliphatic heterocycles. The molecule has 0 heterocycles. The molecule has 0 aromatic heterocycles. The Labute approximate surface area is 202 Å². The number of benzene rings is 3. The van der Waals surface area contributed by atoms with E-state index in [0.29, 0.717) is 28.0 Å². The predicted octanol–water partition coefficient (Wildman–Crippen LogP) is 5.87. The lowest BCUT2D eigenvalue weighted by Gasteiger charge is -2.08. The maximum absolute atomic E-state index is 12.3. The standard InChI is InChI=1S/C25H22Cl2N2O4/c1-16(2)18-5-10-20(11-6-18)32-15-24(30)29-28-14-17-3-8-21(9-4-17)33-25(31)22-12-7-19(26)13-23(22)27/h3-14,16H,15H2,1-2H3,(H,29,30)/b28-14-. The van der Waals surface area contributed by atoms with E-state index in [-0.39, 0.29) is 23.1 Å². The van der Waals surface area contributed by atoms with Crippen molar-refractivity contribution in [3.63, 3.8) is 0 Å². The van der Waals surface area contributed by atoms with Crippen LogP contribution in [0.2, 0.25) is 10.0 Å². The van der Waals surface area contributed by atoms with Gasteiger partial charge in [-0.3, -0.25) is 4.79 Å². The SMILES string of the molecule is CC(C)c1ccc(OCC(=O)N/N=C\c2ccc(OC(=O)c3ccc(Cl)cc3Cl)cc2)cc1. The Bertz CT molecular complexity index is 1140. The van der Waals surface area contributed by atoms with Gasteiger partial charge in [0.1, 0.15) is 11.5 Å². The maximum Gasteiger partial charge on any atom is 0.345 e. The van der Waals surface area contributed by atoms with Gasteiger partial charge in [-0.15, -0.1) is 0 Å². The van der Waals surface area contributed by atoms with Crippen molar-refractivity contribution in [3.8, 4) is 11.5 Å². The number of hydrazone groups is 1. The molecule has 3 rings (SSSR count). The van der Waals surface area contributed by atoms with E-state index in [1.165, 1.54) is 23.9 Å². The number of esters is 1. The van der Waals surface area contributed by atoms with Crippen molar-refractivity contribution in [2.75, 3.05) is 6.61 Å². The number of amides is 1. The molecule has 0 unspecified atom stereocenters. The van der Waals surface area contributed by atoms with Gasteiger partial charge in [0.2, 0.25) is 0 Å². The second-order valence-corrected chi connectivity index (χ2v) is 8.23. The topological polar surface area (TPSA) is 77.0 Å². The lowest BCUT2D eigenvalue weighted by Crippen LogP contribution is -2.24. The van der Waals surface area contributed by atoms with Gasteiger partial charge < -0.3 is 9.47 Å². The minimum atomic E-state index is -0.593. The van der Waals surface area contributed by atoms with Crippen LogP contribution >= 0.6 is 23.2 Å². The first-order valence-corrected chi connectivity index (χ1v) is 10.9. The molecular weight excluding hydrogens is 463 g/mol. The average Bonchev–Trinajstić information content (AvgIpc) is 2.79. The van der Waals surface area contributed by atoms with E-state index in [2.05, 4.69) is 24.4 Å². The number of carbonyl (C=O) groups is 2. The molecule has 0 bridgehead atoms. The highest BCUT2D eigenvalue weighted by Crippen LogP contribution is 2.23. The summed E-state index contributed by atoms with van der Waals surface area (Å²) in [6.07, 6.45) is 1.47. The van der Waals surface area contributed by atoms with E-state index in [1.807, 2.05) is 24.3 Å². The smallest absolute Gasteiger partial charge is 0.345 e. The van der Waals surface area contributed by atoms with E-state index >= 15 is 0 Å². The Kier molecular flexibility index (Phi) is 8.46. The highest BCUT2D eigenvalue weighted by molar-refractivity contribution is 6.36. The fraction of sp³-hybridized carbons (Fsp3) is 0.160. The van der Waals surface area contributed by atoms with Gasteiger partial charge in [0.25, 0.3) is 5.91 Å². The third kappa shape index (κ3) is 7.34. The number of rotatable bonds is 8. The van der Waals surface area contributed by atoms with Gasteiger partial charge in [0, 0.05) is 5.02 Å². The van der Waals surface area contributed by atoms with Gasteiger partial charge in [-0.1, -0.05) is 49.2 Å². The zero-order valence-electron chi connectivity index (χ0n) is 18.0. The van der Waals surface area contributed by atoms with Crippen LogP contribution in [0.4, 0.5) is 0 Å². The van der Waals surface area contributed by atoms with Crippen LogP contribution in [-0.2, 0) is 4.79 Å². The summed E-state index contributed by atoms with van der Waals surface area (Å²) in [5.74, 6) is 0.404. The third-order valence-corrected chi connectivity index (χ3v) is 5.11. The first-order valence-electron chi connectivity index (χ1n) is 10.1. The molecule has 8 heteroatoms. The first kappa shape index (κ1) is 24.3. The zero-order chi connectivity index (χ0) is 23.8. The van der Waals surface area contributed by atoms with Gasteiger partial charge in [-0.2, -0.15) is 5.10 Å². The summed E-state index contributed by atoms with van der Waals surface area (Å²) >= 11 is 11.9. The molecule has 1 N–H and O–H groups in total. The number of ether oxygens (including phenoxy) is 2. The average molecular weight is 485 g/mol. The van der Waals surface area contributed by atoms with Gasteiger partial charge in [-0.05, 0) is 71.6 Å². The third-order valence-electron chi connectivity index (χ3n) is 4.56. The molecular formula is C25H22Cl2N2O4. The van der Waals surface area contributed by atoms with Crippen LogP contribution in [-0.4, -0.2) is 24.7 Å². The van der Waals surface area contributed by atoms with Crippen LogP contribution in [0, 0.1) is 0 Å². The van der Waals surface area contributed by atoms with Gasteiger partial charge in [-0.25, -0.2) is 10.2 Å². The van der Waals surface area contributed by atoms with Crippen molar-refractivity contribution < 1.29 is 19.1 Å². The highest BCUT2D eigenvalue weighted by atomic mass is 35.5. The van der Waals surface area contributed by atoms with E-state index in [4.69, 9.17) is 32.7 Å². The molecule has 0 saturated carbocycles. The molecule has 0 aliphatic rings. The molecule has 33 heavy (non-hydrogen) atoms. The minimum absolute atomic E-state index is 0.152. The second kappa shape index (κ2) is 11.5. The van der Waals surface area contributed by atoms with E-state index in [0.717, 1.165) is 0 Å². The van der Waals surface area contributed by atoms with Crippen LogP contribution in [0.5, 0.6) is 11.5 Å². The number of hydrogen-bond donors (Lipinski definition) is 1. The van der Waals surface area contributed by atoms with Crippen molar-refractivity contribution in [3.05, 3.63) is 93.5 Å². The zero-order valence-corrected chi connectivity index (χ0v) is 19.6. The molecule has 0 aliphatic carbocycles. The van der Waals surface area contributed by atoms with Gasteiger partial charge in [0.05, 0.1) is 16.8 Å². The number of halogens is 2. The van der Waals surface area contributed by atoms with E-state index < -0.39 is 5.97 Å². The monoisotopic (exact) mass is 484 g/mol. The Morgan fingerprint density at radius 3 is 2.27 bits per heavy atom. The highest BCUT2D eigenvalue weighted by Gasteiger charge is 2.13. The Morgan fingerprint density at radius 1 is 0.970 bits per heavy atom. The summed E-state index contributed by atoms with van der Waals surface area (Å²) in [6, 6.07) is 18.7. The molecule has 6 nitrogen and oxygen atoms in total. The van der Waals surface area contributed by atoms with Crippen LogP contribution < -0.4 is 14.9 Å². The molecule has 3 aromatic rings. The predicted molar refractivity (Wildman–Crippen MR) is 130 cm³/mol. The van der Waals surface area contributed by atoms with Crippen LogP contribution in [0.1, 0.15) is 41.3 Å². The summed E-state index contributed by atoms with van der Waals surface area (Å²) in [5.41, 5.74) is 4.52. The lowest BCUT2D eigenvalue weighted by atomic mass is 10.0. The maximum atomic E-state index is 12.3. The normalized spacial score (nSPS) is 10.9. The van der Waals surface area contributed by atoms with Crippen molar-refractivity contribution in [1.82, 2.24) is 5.43 Å². The quantitative estimate of drug-likeness (QED) is 0.188. The molecule has 0 spiro atoms. The summed E-state index contributed by atoms with van der Waals surface area (Å²) in [5, 5.41) is 4.55. The lowest BCUT2D eigenvalue weighted by molar-refractivity contribution is -0.123. The van der Waals surface area contributed by atoms with E-state index in [1.54, 1.807) is 30.3 Å². The molecule has 0 fully saturated rings. The summed E-state index contributed by atoms with van der Waals surface area (Å²) in [6.45, 7) is 4.07. The van der Waals surface area contributed by atoms with Crippen molar-refractivity contribution in [1.29, 1.82) is 0 Å². The number of hydrogen-bond acceptors (Lipinski definition) is 5. The van der Waals surface area contributed by atoms with Gasteiger partial charge in [0.15, 0.2) is 6.61 Å². The largest absolute Gasteiger partial charge is 0.484 e. The molecule has 0 atom stereocenters. The van der Waals surface area contributed by atoms with Crippen molar-refractivity contribution >= 4 is 41.3 Å². The Balaban J connectivity index is 1.46. The number of nitrogens with one attached hydrogen (secondary N) is 1. The number of carbonyl (C=O) groups excluding carboxylic acids is 2. The molecule has 170 valence electrons. The second-order valence-electron chi connectivity index (χ2n) is 7.39. The fourth-order valence-corrected chi connectivity index (χ4v) is 3.23. The van der Waals surface area contributed by atoms with Crippen molar-refractivity contribution in [2.45, 2.75) is 19.8 Å². The first-order chi connectivity index (χ1) is 15.8. The van der Waals surface area contributed by atoms with E-state index in [9.17, 15) is 9.59 Å². The van der Waals surface area contributed by atoms with Gasteiger partial charge >= 0.3 is 5.97 Å². The molecule has 0 saturated heterocycles.